The van der Waals surface area contributed by atoms with E-state index in [1.807, 2.05) is 0 Å². The van der Waals surface area contributed by atoms with E-state index in [-0.39, 0.29) is 0 Å². The van der Waals surface area contributed by atoms with Gasteiger partial charge in [0, 0.05) is 13.2 Å². The Morgan fingerprint density at radius 1 is 0.627 bits per heavy atom. The maximum atomic E-state index is 6.89. The third-order valence-electron chi connectivity index (χ3n) is 15.5. The van der Waals surface area contributed by atoms with Gasteiger partial charge in [0.15, 0.2) is 0 Å². The summed E-state index contributed by atoms with van der Waals surface area (Å²) in [5, 5.41) is 3.82. The van der Waals surface area contributed by atoms with E-state index in [9.17, 15) is 0 Å². The van der Waals surface area contributed by atoms with Gasteiger partial charge in [-0.2, -0.15) is 0 Å². The van der Waals surface area contributed by atoms with E-state index in [4.69, 9.17) is 20.9 Å². The molecular weight excluding hydrogens is 627 g/mol. The molecule has 5 nitrogen and oxygen atoms in total. The van der Waals surface area contributed by atoms with E-state index in [1.54, 1.807) is 0 Å². The van der Waals surface area contributed by atoms with Crippen molar-refractivity contribution in [1.29, 1.82) is 0 Å². The van der Waals surface area contributed by atoms with Gasteiger partial charge in [0.25, 0.3) is 0 Å². The Kier molecular flexibility index (Phi) is 20.2. The molecule has 0 bridgehead atoms. The molecule has 4 saturated carbocycles. The van der Waals surface area contributed by atoms with Crippen molar-refractivity contribution < 1.29 is 9.47 Å². The molecule has 0 aliphatic heterocycles. The highest BCUT2D eigenvalue weighted by Crippen LogP contribution is 2.69. The van der Waals surface area contributed by atoms with Crippen molar-refractivity contribution in [1.82, 2.24) is 5.32 Å². The predicted octanol–water partition coefficient (Wildman–Crippen LogP) is 11.2. The first-order chi connectivity index (χ1) is 24.9. The fourth-order valence-corrected chi connectivity index (χ4v) is 12.4. The van der Waals surface area contributed by atoms with Gasteiger partial charge < -0.3 is 26.3 Å². The number of ether oxygens (including phenoxy) is 2. The van der Waals surface area contributed by atoms with Crippen LogP contribution in [0.15, 0.2) is 0 Å². The van der Waals surface area contributed by atoms with Crippen LogP contribution in [0, 0.1) is 46.3 Å². The molecule has 0 aromatic heterocycles. The Morgan fingerprint density at radius 2 is 1.20 bits per heavy atom. The summed E-state index contributed by atoms with van der Waals surface area (Å²) in [4.78, 5) is 0. The molecule has 4 fully saturated rings. The molecular formula is C46H89N3O2. The number of rotatable bonds is 28. The van der Waals surface area contributed by atoms with E-state index >= 15 is 0 Å². The zero-order valence-corrected chi connectivity index (χ0v) is 34.7. The van der Waals surface area contributed by atoms with Crippen LogP contribution in [-0.2, 0) is 9.47 Å². The van der Waals surface area contributed by atoms with E-state index in [1.165, 1.54) is 167 Å². The molecule has 5 heteroatoms. The summed E-state index contributed by atoms with van der Waals surface area (Å²) in [6.45, 7) is 15.9. The van der Waals surface area contributed by atoms with Gasteiger partial charge in [-0.15, -0.1) is 0 Å². The Balaban J connectivity index is 1.14. The van der Waals surface area contributed by atoms with Crippen LogP contribution >= 0.6 is 0 Å². The molecule has 0 saturated heterocycles. The van der Waals surface area contributed by atoms with Gasteiger partial charge in [-0.05, 0) is 156 Å². The van der Waals surface area contributed by atoms with Crippen molar-refractivity contribution in [3.63, 3.8) is 0 Å². The Hall–Kier alpha value is -0.200. The molecule has 0 unspecified atom stereocenters. The summed E-state index contributed by atoms with van der Waals surface area (Å²) in [5.41, 5.74) is 12.6. The second-order valence-electron chi connectivity index (χ2n) is 18.9. The lowest BCUT2D eigenvalue weighted by Gasteiger charge is -2.63. The van der Waals surface area contributed by atoms with Crippen LogP contribution in [-0.4, -0.2) is 51.6 Å². The molecule has 4 rings (SSSR count). The second-order valence-corrected chi connectivity index (χ2v) is 18.9. The topological polar surface area (TPSA) is 82.5 Å². The third-order valence-corrected chi connectivity index (χ3v) is 15.5. The van der Waals surface area contributed by atoms with Crippen LogP contribution in [0.1, 0.15) is 195 Å². The second kappa shape index (κ2) is 23.7. The molecule has 5 N–H and O–H groups in total. The Labute approximate surface area is 318 Å². The predicted molar refractivity (Wildman–Crippen MR) is 219 cm³/mol. The lowest BCUT2D eigenvalue weighted by atomic mass is 9.43. The van der Waals surface area contributed by atoms with Gasteiger partial charge in [-0.3, -0.25) is 0 Å². The molecule has 300 valence electrons. The van der Waals surface area contributed by atoms with Crippen LogP contribution in [0.2, 0.25) is 0 Å². The first-order valence-electron chi connectivity index (χ1n) is 23.2. The number of unbranched alkanes of at least 4 members (excludes halogenated alkanes) is 13. The average molecular weight is 716 g/mol. The van der Waals surface area contributed by atoms with Crippen LogP contribution in [0.25, 0.3) is 0 Å². The van der Waals surface area contributed by atoms with Crippen molar-refractivity contribution in [3.8, 4) is 0 Å². The summed E-state index contributed by atoms with van der Waals surface area (Å²) in [5.74, 6) is 4.76. The molecule has 0 aromatic rings. The zero-order valence-electron chi connectivity index (χ0n) is 34.7. The number of fused-ring (bicyclic) bond motifs is 5. The molecule has 0 aromatic carbocycles. The molecule has 4 aliphatic carbocycles. The minimum Gasteiger partial charge on any atom is -0.378 e. The van der Waals surface area contributed by atoms with E-state index in [2.05, 4.69) is 33.0 Å². The molecule has 51 heavy (non-hydrogen) atoms. The largest absolute Gasteiger partial charge is 0.378 e. The van der Waals surface area contributed by atoms with Gasteiger partial charge in [0.1, 0.15) is 0 Å². The lowest BCUT2D eigenvalue weighted by Crippen LogP contribution is -2.59. The molecule has 0 radical (unpaired) electrons. The standard InChI is InChI=1S/C46H89N3O2/c1-5-6-7-8-9-10-11-12-13-14-15-16-17-18-31-49-32-19-22-37(2)40-23-24-41-44-42(26-28-46(40,41)4)45(3)27-25-39(50-33-20-29-47)35-38(45)36-43(44)51-34-21-30-48/h37-44,49H,5-36,47-48H2,1-4H3/t37-,38+,39-,40-,41+,42+,43-,44+,45+,46-/m1/s1. The molecule has 0 amide bonds. The van der Waals surface area contributed by atoms with Gasteiger partial charge in [-0.25, -0.2) is 0 Å². The monoisotopic (exact) mass is 716 g/mol. The van der Waals surface area contributed by atoms with Crippen LogP contribution < -0.4 is 16.8 Å². The number of hydrogen-bond acceptors (Lipinski definition) is 5. The maximum Gasteiger partial charge on any atom is 0.0611 e. The van der Waals surface area contributed by atoms with Crippen LogP contribution in [0.5, 0.6) is 0 Å². The third kappa shape index (κ3) is 12.7. The lowest BCUT2D eigenvalue weighted by molar-refractivity contribution is -0.191. The highest BCUT2D eigenvalue weighted by molar-refractivity contribution is 5.12. The zero-order chi connectivity index (χ0) is 36.4. The van der Waals surface area contributed by atoms with E-state index < -0.39 is 0 Å². The normalized spacial score (nSPS) is 33.9. The van der Waals surface area contributed by atoms with Gasteiger partial charge in [0.05, 0.1) is 12.2 Å². The fourth-order valence-electron chi connectivity index (χ4n) is 12.4. The van der Waals surface area contributed by atoms with Crippen molar-refractivity contribution in [2.45, 2.75) is 207 Å². The SMILES string of the molecule is CCCCCCCCCCCCCCCCNCCC[C@@H](C)[C@H]1CC[C@H]2[C@@H]3[C@H](OCCCN)C[C@@H]4C[C@H](OCCCN)CC[C@]4(C)[C@H]3CC[C@]12C. The fraction of sp³-hybridized carbons (Fsp3) is 1.00. The van der Waals surface area contributed by atoms with Crippen molar-refractivity contribution >= 4 is 0 Å². The van der Waals surface area contributed by atoms with Gasteiger partial charge in [0.2, 0.25) is 0 Å². The molecule has 0 heterocycles. The summed E-state index contributed by atoms with van der Waals surface area (Å²) in [7, 11) is 0. The van der Waals surface area contributed by atoms with Crippen LogP contribution in [0.3, 0.4) is 0 Å². The van der Waals surface area contributed by atoms with Gasteiger partial charge in [-0.1, -0.05) is 111 Å². The minimum atomic E-state index is 0.403. The first kappa shape index (κ1) is 43.5. The summed E-state index contributed by atoms with van der Waals surface area (Å²) in [6, 6.07) is 0. The highest BCUT2D eigenvalue weighted by atomic mass is 16.5. The highest BCUT2D eigenvalue weighted by Gasteiger charge is 2.63. The molecule has 4 aliphatic rings. The average Bonchev–Trinajstić information content (AvgIpc) is 3.48. The van der Waals surface area contributed by atoms with Crippen molar-refractivity contribution in [3.05, 3.63) is 0 Å². The van der Waals surface area contributed by atoms with Gasteiger partial charge >= 0.3 is 0 Å². The number of hydrogen-bond donors (Lipinski definition) is 3. The quantitative estimate of drug-likeness (QED) is 0.0703. The maximum absolute atomic E-state index is 6.89. The minimum absolute atomic E-state index is 0.403. The Bertz CT molecular complexity index is 902. The van der Waals surface area contributed by atoms with E-state index in [0.29, 0.717) is 23.0 Å². The van der Waals surface area contributed by atoms with Crippen LogP contribution in [0.4, 0.5) is 0 Å². The molecule has 10 atom stereocenters. The van der Waals surface area contributed by atoms with Crippen molar-refractivity contribution in [2.24, 2.45) is 57.8 Å². The summed E-state index contributed by atoms with van der Waals surface area (Å²) < 4.78 is 13.3. The summed E-state index contributed by atoms with van der Waals surface area (Å²) in [6.07, 6.45) is 36.3. The smallest absolute Gasteiger partial charge is 0.0611 e. The number of nitrogens with two attached hydrogens (primary N) is 2. The van der Waals surface area contributed by atoms with E-state index in [0.717, 1.165) is 74.7 Å². The molecule has 0 spiro atoms. The first-order valence-corrected chi connectivity index (χ1v) is 23.2. The van der Waals surface area contributed by atoms with Crippen molar-refractivity contribution in [2.75, 3.05) is 39.4 Å². The summed E-state index contributed by atoms with van der Waals surface area (Å²) >= 11 is 0. The Morgan fingerprint density at radius 3 is 1.84 bits per heavy atom. The number of nitrogens with one attached hydrogen (secondary N) is 1.